The lowest BCUT2D eigenvalue weighted by atomic mass is 10.1. The number of carboxylic acids is 1. The van der Waals surface area contributed by atoms with Crippen molar-refractivity contribution >= 4 is 97.7 Å². The van der Waals surface area contributed by atoms with Crippen LogP contribution in [0.1, 0.15) is 10.5 Å². The van der Waals surface area contributed by atoms with Gasteiger partial charge in [0.15, 0.2) is 11.4 Å². The van der Waals surface area contributed by atoms with Crippen molar-refractivity contribution < 1.29 is 83.6 Å². The number of hydrogen-bond acceptors (Lipinski definition) is 22. The van der Waals surface area contributed by atoms with Crippen LogP contribution in [0.5, 0.6) is 23.1 Å². The summed E-state index contributed by atoms with van der Waals surface area (Å²) < 4.78 is 114. The van der Waals surface area contributed by atoms with Crippen molar-refractivity contribution in [1.29, 1.82) is 0 Å². The highest BCUT2D eigenvalue weighted by molar-refractivity contribution is 7.86. The minimum atomic E-state index is -5.28. The van der Waals surface area contributed by atoms with Crippen LogP contribution in [0.25, 0.3) is 27.2 Å². The van der Waals surface area contributed by atoms with Crippen molar-refractivity contribution in [3.63, 3.8) is 0 Å². The molecule has 0 aliphatic carbocycles. The Hall–Kier alpha value is -8.43. The largest absolute Gasteiger partial charge is 0.505 e. The third kappa shape index (κ3) is 11.1. The summed E-state index contributed by atoms with van der Waals surface area (Å²) in [5, 5.41) is 90.7. The molecule has 0 spiro atoms. The number of aliphatic hydroxyl groups is 2. The first-order valence-corrected chi connectivity index (χ1v) is 23.8. The number of fused-ring (bicyclic) bond motifs is 2. The number of rotatable bonds is 18. The van der Waals surface area contributed by atoms with E-state index in [4.69, 9.17) is 9.47 Å². The molecule has 6 aromatic carbocycles. The zero-order valence-electron chi connectivity index (χ0n) is 35.3. The fraction of sp³-hybridized carbons (Fsp3) is 0.100. The first kappa shape index (κ1) is 50.4. The second-order valence-electron chi connectivity index (χ2n) is 14.3. The molecule has 0 saturated carbocycles. The third-order valence-electron chi connectivity index (χ3n) is 9.65. The number of aliphatic hydroxyl groups excluding tert-OH is 2. The first-order chi connectivity index (χ1) is 33.5. The van der Waals surface area contributed by atoms with E-state index >= 15 is 0 Å². The number of hydrogen-bond donors (Lipinski definition) is 8. The van der Waals surface area contributed by atoms with E-state index in [0.717, 1.165) is 42.5 Å². The Morgan fingerprint density at radius 3 is 1.82 bits per heavy atom. The van der Waals surface area contributed by atoms with Crippen LogP contribution in [0.4, 0.5) is 39.8 Å². The van der Waals surface area contributed by atoms with Gasteiger partial charge in [-0.3, -0.25) is 23.8 Å². The number of carbonyl (C=O) groups is 1. The third-order valence-corrected chi connectivity index (χ3v) is 12.2. The number of aromatic hydroxyl groups is 2. The molecule has 71 heavy (non-hydrogen) atoms. The lowest BCUT2D eigenvalue weighted by Crippen LogP contribution is -2.04. The zero-order valence-corrected chi connectivity index (χ0v) is 37.8. The van der Waals surface area contributed by atoms with E-state index in [0.29, 0.717) is 21.5 Å². The van der Waals surface area contributed by atoms with E-state index in [-0.39, 0.29) is 49.9 Å². The lowest BCUT2D eigenvalue weighted by molar-refractivity contribution is -0.385. The molecule has 8 N–H and O–H groups in total. The van der Waals surface area contributed by atoms with Gasteiger partial charge in [-0.25, -0.2) is 4.79 Å². The van der Waals surface area contributed by atoms with E-state index in [1.165, 1.54) is 42.5 Å². The molecular weight excluding hydrogens is 1010 g/mol. The maximum atomic E-state index is 12.8. The number of ether oxygens (including phenoxy) is 2. The summed E-state index contributed by atoms with van der Waals surface area (Å²) in [6.45, 7) is -1.96. The predicted octanol–water partition coefficient (Wildman–Crippen LogP) is 6.92. The molecule has 0 fully saturated rings. The number of non-ortho nitro benzene ring substituents is 1. The van der Waals surface area contributed by atoms with Gasteiger partial charge in [0, 0.05) is 29.7 Å². The van der Waals surface area contributed by atoms with Gasteiger partial charge in [-0.15, -0.1) is 25.6 Å². The van der Waals surface area contributed by atoms with Crippen LogP contribution in [-0.4, -0.2) is 112 Å². The van der Waals surface area contributed by atoms with Gasteiger partial charge in [0.1, 0.15) is 57.3 Å². The van der Waals surface area contributed by atoms with Crippen molar-refractivity contribution in [3.05, 3.63) is 107 Å². The smallest absolute Gasteiger partial charge is 0.358 e. The number of aromatic nitrogens is 2. The maximum absolute atomic E-state index is 12.8. The van der Waals surface area contributed by atoms with E-state index in [1.807, 2.05) is 0 Å². The molecule has 7 aromatic rings. The van der Waals surface area contributed by atoms with Gasteiger partial charge in [0.2, 0.25) is 11.6 Å². The topological polar surface area (TPSA) is 435 Å². The molecule has 31 heteroatoms. The number of benzene rings is 6. The molecule has 0 aliphatic rings. The molecule has 0 amide bonds. The Kier molecular flexibility index (Phi) is 14.1. The fourth-order valence-corrected chi connectivity index (χ4v) is 8.29. The number of phenols is 1. The highest BCUT2D eigenvalue weighted by atomic mass is 32.2. The van der Waals surface area contributed by atoms with Crippen LogP contribution >= 0.6 is 0 Å². The second kappa shape index (κ2) is 19.9. The molecule has 7 rings (SSSR count). The molecule has 1 aromatic heterocycles. The zero-order chi connectivity index (χ0) is 51.6. The summed E-state index contributed by atoms with van der Waals surface area (Å²) in [5.41, 5.74) is -4.16. The van der Waals surface area contributed by atoms with Crippen LogP contribution in [0.3, 0.4) is 0 Å². The molecule has 0 bridgehead atoms. The standard InChI is InChI=1S/C40H31N9O19S3/c50-9-11-67-31-19-30(32(68-12-10-51)18-29(31)43-42-28-8-5-25(49(56)57)17-33(28)70(61,62)63)44-45-35-34(71(64,65)66)16-22-14-24(4-7-27(22)38(35)52)48-39(53)36(37(47-48)40(54)55)46-41-23-3-1-21-15-26(69(58,59)60)6-2-20(21)13-23/h1-8,13-19,50-53H,9-12H2,(H,54,55)(H,58,59,60)(H,61,62,63)(H,64,65,66). The SMILES string of the molecule is O=C(O)c1nn(-c2ccc3c(O)c(N=Nc4cc(OCCO)c(N=Nc5ccc([N+](=O)[O-])cc5S(=O)(=O)O)cc4OCCO)c(S(=O)(=O)O)cc3c2)c(O)c1N=Nc1ccc2cc(S(=O)(=O)O)ccc2c1. The minimum absolute atomic E-state index is 0.122. The molecular formula is C40H31N9O19S3. The first-order valence-electron chi connectivity index (χ1n) is 19.5. The van der Waals surface area contributed by atoms with Crippen molar-refractivity contribution in [2.75, 3.05) is 26.4 Å². The second-order valence-corrected chi connectivity index (χ2v) is 18.5. The minimum Gasteiger partial charge on any atom is -0.505 e. The van der Waals surface area contributed by atoms with E-state index < -0.39 is 118 Å². The molecule has 0 aliphatic heterocycles. The van der Waals surface area contributed by atoms with Crippen molar-refractivity contribution in [1.82, 2.24) is 9.78 Å². The average Bonchev–Trinajstić information content (AvgIpc) is 3.65. The Bertz CT molecular complexity index is 3770. The molecule has 28 nitrogen and oxygen atoms in total. The number of phenolic OH excluding ortho intramolecular Hbond substituents is 1. The van der Waals surface area contributed by atoms with Crippen molar-refractivity contribution in [2.24, 2.45) is 30.7 Å². The average molecular weight is 1040 g/mol. The van der Waals surface area contributed by atoms with Gasteiger partial charge in [-0.2, -0.15) is 40.1 Å². The highest BCUT2D eigenvalue weighted by Crippen LogP contribution is 2.46. The predicted molar refractivity (Wildman–Crippen MR) is 242 cm³/mol. The number of nitro groups is 1. The van der Waals surface area contributed by atoms with Crippen LogP contribution < -0.4 is 9.47 Å². The number of azo groups is 3. The quantitative estimate of drug-likeness (QED) is 0.0187. The Labute approximate surface area is 397 Å². The molecule has 1 heterocycles. The Morgan fingerprint density at radius 1 is 0.634 bits per heavy atom. The summed E-state index contributed by atoms with van der Waals surface area (Å²) in [6, 6.07) is 16.8. The van der Waals surface area contributed by atoms with Gasteiger partial charge in [-0.05, 0) is 70.8 Å². The monoisotopic (exact) mass is 1040 g/mol. The fourth-order valence-electron chi connectivity index (χ4n) is 6.48. The Morgan fingerprint density at radius 2 is 1.23 bits per heavy atom. The summed E-state index contributed by atoms with van der Waals surface area (Å²) >= 11 is 0. The summed E-state index contributed by atoms with van der Waals surface area (Å²) in [6.07, 6.45) is 0. The number of aromatic carboxylic acids is 1. The summed E-state index contributed by atoms with van der Waals surface area (Å²) in [5.74, 6) is -3.98. The molecule has 0 saturated heterocycles. The van der Waals surface area contributed by atoms with Gasteiger partial charge in [0.05, 0.1) is 34.4 Å². The van der Waals surface area contributed by atoms with Gasteiger partial charge >= 0.3 is 5.97 Å². The molecule has 0 atom stereocenters. The van der Waals surface area contributed by atoms with Gasteiger partial charge in [-0.1, -0.05) is 12.1 Å². The van der Waals surface area contributed by atoms with E-state index in [9.17, 15) is 79.4 Å². The van der Waals surface area contributed by atoms with Crippen LogP contribution in [0, 0.1) is 10.1 Å². The van der Waals surface area contributed by atoms with Gasteiger partial charge in [0.25, 0.3) is 36.0 Å². The maximum Gasteiger partial charge on any atom is 0.358 e. The number of carboxylic acid groups (broad SMARTS) is 1. The normalized spacial score (nSPS) is 12.5. The van der Waals surface area contributed by atoms with Crippen molar-refractivity contribution in [2.45, 2.75) is 14.7 Å². The summed E-state index contributed by atoms with van der Waals surface area (Å²) in [4.78, 5) is 20.2. The lowest BCUT2D eigenvalue weighted by Gasteiger charge is -2.13. The molecule has 368 valence electrons. The van der Waals surface area contributed by atoms with E-state index in [2.05, 4.69) is 35.8 Å². The van der Waals surface area contributed by atoms with Crippen LogP contribution in [-0.2, 0) is 30.4 Å². The number of nitrogens with zero attached hydrogens (tertiary/aromatic N) is 9. The van der Waals surface area contributed by atoms with Crippen molar-refractivity contribution in [3.8, 4) is 28.8 Å². The van der Waals surface area contributed by atoms with Crippen LogP contribution in [0.2, 0.25) is 0 Å². The van der Waals surface area contributed by atoms with Gasteiger partial charge < -0.3 is 35.0 Å². The van der Waals surface area contributed by atoms with Crippen LogP contribution in [0.15, 0.2) is 136 Å². The van der Waals surface area contributed by atoms with E-state index in [1.54, 1.807) is 0 Å². The highest BCUT2D eigenvalue weighted by Gasteiger charge is 2.27. The molecule has 0 radical (unpaired) electrons. The number of nitro benzene ring substituents is 1. The summed E-state index contributed by atoms with van der Waals surface area (Å²) in [7, 11) is -14.9. The molecule has 0 unspecified atom stereocenters. The Balaban J connectivity index is 1.27.